The summed E-state index contributed by atoms with van der Waals surface area (Å²) >= 11 is 0. The number of likely N-dealkylation sites (N-methyl/N-ethyl adjacent to an activating group) is 1. The van der Waals surface area contributed by atoms with Crippen LogP contribution in [-0.4, -0.2) is 61.5 Å². The topological polar surface area (TPSA) is 35.6 Å². The molecule has 0 aromatic rings. The van der Waals surface area contributed by atoms with E-state index in [-0.39, 0.29) is 30.4 Å². The molecule has 0 aromatic carbocycles. The number of carbonyl (C=O) groups excluding carboxylic acids is 1. The molecule has 1 heterocycles. The maximum absolute atomic E-state index is 12.5. The first-order valence-corrected chi connectivity index (χ1v) is 7.82. The highest BCUT2D eigenvalue weighted by molar-refractivity contribution is 5.85. The molecule has 2 rings (SSSR count). The Bertz CT molecular complexity index is 309. The minimum Gasteiger partial charge on any atom is -0.334 e. The molecule has 126 valence electrons. The van der Waals surface area contributed by atoms with Gasteiger partial charge in [0.05, 0.1) is 5.54 Å². The molecule has 21 heavy (non-hydrogen) atoms. The lowest BCUT2D eigenvalue weighted by atomic mass is 9.78. The van der Waals surface area contributed by atoms with Crippen molar-refractivity contribution in [2.24, 2.45) is 0 Å². The molecular formula is C15H31Cl2N3O. The quantitative estimate of drug-likeness (QED) is 0.798. The Morgan fingerprint density at radius 3 is 2.43 bits per heavy atom. The zero-order valence-electron chi connectivity index (χ0n) is 13.4. The van der Waals surface area contributed by atoms with Crippen LogP contribution in [0.1, 0.15) is 44.9 Å². The summed E-state index contributed by atoms with van der Waals surface area (Å²) in [7, 11) is 4.14. The molecular weight excluding hydrogens is 309 g/mol. The van der Waals surface area contributed by atoms with Crippen molar-refractivity contribution >= 4 is 30.7 Å². The van der Waals surface area contributed by atoms with E-state index in [1.54, 1.807) is 0 Å². The predicted octanol–water partition coefficient (Wildman–Crippen LogP) is 2.31. The summed E-state index contributed by atoms with van der Waals surface area (Å²) in [6.45, 7) is 3.96. The largest absolute Gasteiger partial charge is 0.334 e. The van der Waals surface area contributed by atoms with Crippen LogP contribution in [0.25, 0.3) is 0 Å². The van der Waals surface area contributed by atoms with Crippen molar-refractivity contribution in [1.29, 1.82) is 0 Å². The van der Waals surface area contributed by atoms with E-state index in [0.717, 1.165) is 32.6 Å². The SMILES string of the molecule is CNCCCC(=O)N1CCN(C)CC12CCCCC2.Cl.Cl. The van der Waals surface area contributed by atoms with Gasteiger partial charge < -0.3 is 15.1 Å². The molecule has 0 aromatic heterocycles. The highest BCUT2D eigenvalue weighted by atomic mass is 35.5. The maximum atomic E-state index is 12.5. The summed E-state index contributed by atoms with van der Waals surface area (Å²) in [5, 5.41) is 3.13. The van der Waals surface area contributed by atoms with E-state index < -0.39 is 0 Å². The third-order valence-corrected chi connectivity index (χ3v) is 4.74. The molecule has 1 saturated carbocycles. The van der Waals surface area contributed by atoms with Crippen molar-refractivity contribution in [3.63, 3.8) is 0 Å². The van der Waals surface area contributed by atoms with Crippen LogP contribution in [0.15, 0.2) is 0 Å². The van der Waals surface area contributed by atoms with Gasteiger partial charge in [-0.25, -0.2) is 0 Å². The molecule has 1 N–H and O–H groups in total. The van der Waals surface area contributed by atoms with Gasteiger partial charge in [-0.2, -0.15) is 0 Å². The Hall–Kier alpha value is -0.0300. The van der Waals surface area contributed by atoms with Crippen LogP contribution in [0.3, 0.4) is 0 Å². The van der Waals surface area contributed by atoms with Crippen molar-refractivity contribution in [2.75, 3.05) is 40.3 Å². The monoisotopic (exact) mass is 339 g/mol. The van der Waals surface area contributed by atoms with Crippen molar-refractivity contribution in [2.45, 2.75) is 50.5 Å². The van der Waals surface area contributed by atoms with Gasteiger partial charge in [-0.1, -0.05) is 19.3 Å². The Morgan fingerprint density at radius 2 is 1.81 bits per heavy atom. The van der Waals surface area contributed by atoms with E-state index >= 15 is 0 Å². The van der Waals surface area contributed by atoms with Crippen LogP contribution in [0.5, 0.6) is 0 Å². The Kier molecular flexibility index (Phi) is 9.87. The number of rotatable bonds is 4. The van der Waals surface area contributed by atoms with Crippen molar-refractivity contribution in [1.82, 2.24) is 15.1 Å². The second-order valence-corrected chi connectivity index (χ2v) is 6.28. The van der Waals surface area contributed by atoms with Gasteiger partial charge in [-0.3, -0.25) is 4.79 Å². The fraction of sp³-hybridized carbons (Fsp3) is 0.933. The highest BCUT2D eigenvalue weighted by Gasteiger charge is 2.43. The zero-order valence-corrected chi connectivity index (χ0v) is 15.0. The normalized spacial score (nSPS) is 21.5. The number of piperazine rings is 1. The molecule has 1 saturated heterocycles. The number of carbonyl (C=O) groups is 1. The third kappa shape index (κ3) is 5.27. The minimum absolute atomic E-state index is 0. The van der Waals surface area contributed by atoms with Gasteiger partial charge in [0.1, 0.15) is 0 Å². The molecule has 1 spiro atoms. The average Bonchev–Trinajstić information content (AvgIpc) is 2.39. The zero-order chi connectivity index (χ0) is 13.7. The number of nitrogens with zero attached hydrogens (tertiary/aromatic N) is 2. The van der Waals surface area contributed by atoms with Gasteiger partial charge in [-0.05, 0) is 39.9 Å². The summed E-state index contributed by atoms with van der Waals surface area (Å²) in [5.41, 5.74) is 0.155. The highest BCUT2D eigenvalue weighted by Crippen LogP contribution is 2.36. The van der Waals surface area contributed by atoms with Gasteiger partial charge in [0.25, 0.3) is 0 Å². The smallest absolute Gasteiger partial charge is 0.223 e. The lowest BCUT2D eigenvalue weighted by Crippen LogP contribution is -2.63. The van der Waals surface area contributed by atoms with Crippen LogP contribution in [0.4, 0.5) is 0 Å². The van der Waals surface area contributed by atoms with Crippen molar-refractivity contribution < 1.29 is 4.79 Å². The number of halogens is 2. The van der Waals surface area contributed by atoms with E-state index in [1.165, 1.54) is 32.1 Å². The first-order chi connectivity index (χ1) is 9.18. The number of amides is 1. The molecule has 1 amide bonds. The molecule has 4 nitrogen and oxygen atoms in total. The fourth-order valence-electron chi connectivity index (χ4n) is 3.75. The first kappa shape index (κ1) is 21.0. The van der Waals surface area contributed by atoms with E-state index in [9.17, 15) is 4.79 Å². The maximum Gasteiger partial charge on any atom is 0.223 e. The van der Waals surface area contributed by atoms with E-state index in [2.05, 4.69) is 22.2 Å². The van der Waals surface area contributed by atoms with Gasteiger partial charge in [0.2, 0.25) is 5.91 Å². The summed E-state index contributed by atoms with van der Waals surface area (Å²) in [6, 6.07) is 0. The molecule has 0 atom stereocenters. The van der Waals surface area contributed by atoms with Crippen LogP contribution in [0, 0.1) is 0 Å². The van der Waals surface area contributed by atoms with Crippen LogP contribution in [-0.2, 0) is 4.79 Å². The second-order valence-electron chi connectivity index (χ2n) is 6.28. The number of nitrogens with one attached hydrogen (secondary N) is 1. The van der Waals surface area contributed by atoms with Crippen LogP contribution < -0.4 is 5.32 Å². The number of hydrogen-bond donors (Lipinski definition) is 1. The Balaban J connectivity index is 0.00000200. The van der Waals surface area contributed by atoms with Crippen molar-refractivity contribution in [3.8, 4) is 0 Å². The van der Waals surface area contributed by atoms with Crippen molar-refractivity contribution in [3.05, 3.63) is 0 Å². The van der Waals surface area contributed by atoms with Gasteiger partial charge in [0, 0.05) is 26.1 Å². The summed E-state index contributed by atoms with van der Waals surface area (Å²) in [4.78, 5) is 17.2. The van der Waals surface area contributed by atoms with E-state index in [1.807, 2.05) is 7.05 Å². The van der Waals surface area contributed by atoms with Gasteiger partial charge in [-0.15, -0.1) is 24.8 Å². The summed E-state index contributed by atoms with van der Waals surface area (Å²) in [5.74, 6) is 0.380. The average molecular weight is 340 g/mol. The molecule has 0 radical (unpaired) electrons. The minimum atomic E-state index is 0. The predicted molar refractivity (Wildman–Crippen MR) is 92.7 cm³/mol. The van der Waals surface area contributed by atoms with Gasteiger partial charge >= 0.3 is 0 Å². The van der Waals surface area contributed by atoms with Gasteiger partial charge in [0.15, 0.2) is 0 Å². The van der Waals surface area contributed by atoms with E-state index in [0.29, 0.717) is 12.3 Å². The lowest BCUT2D eigenvalue weighted by Gasteiger charge is -2.52. The Morgan fingerprint density at radius 1 is 1.14 bits per heavy atom. The first-order valence-electron chi connectivity index (χ1n) is 7.82. The fourth-order valence-corrected chi connectivity index (χ4v) is 3.75. The third-order valence-electron chi connectivity index (χ3n) is 4.74. The van der Waals surface area contributed by atoms with E-state index in [4.69, 9.17) is 0 Å². The molecule has 1 aliphatic carbocycles. The van der Waals surface area contributed by atoms with Crippen LogP contribution >= 0.6 is 24.8 Å². The molecule has 6 heteroatoms. The lowest BCUT2D eigenvalue weighted by molar-refractivity contribution is -0.144. The summed E-state index contributed by atoms with van der Waals surface area (Å²) < 4.78 is 0. The molecule has 2 fully saturated rings. The van der Waals surface area contributed by atoms with Crippen LogP contribution in [0.2, 0.25) is 0 Å². The second kappa shape index (κ2) is 9.88. The standard InChI is InChI=1S/C15H29N3O.2ClH/c1-16-10-6-7-14(19)18-12-11-17(2)13-15(18)8-4-3-5-9-15;;/h16H,3-13H2,1-2H3;2*1H. The molecule has 0 unspecified atom stereocenters. The molecule has 0 bridgehead atoms. The molecule has 2 aliphatic rings. The molecule has 1 aliphatic heterocycles. The number of hydrogen-bond acceptors (Lipinski definition) is 3. The summed E-state index contributed by atoms with van der Waals surface area (Å²) in [6.07, 6.45) is 7.98. The Labute approximate surface area is 141 Å².